The van der Waals surface area contributed by atoms with Gasteiger partial charge in [0, 0.05) is 37.3 Å². The van der Waals surface area contributed by atoms with Crippen molar-refractivity contribution < 1.29 is 14.3 Å². The second-order valence-electron chi connectivity index (χ2n) is 4.61. The first-order chi connectivity index (χ1) is 10.2. The third-order valence-corrected chi connectivity index (χ3v) is 3.15. The number of rotatable bonds is 6. The van der Waals surface area contributed by atoms with Gasteiger partial charge in [-0.25, -0.2) is 0 Å². The Balaban J connectivity index is 1.79. The van der Waals surface area contributed by atoms with Crippen LogP contribution in [0.4, 0.5) is 0 Å². The van der Waals surface area contributed by atoms with Crippen LogP contribution >= 0.6 is 0 Å². The fraction of sp³-hybridized carbons (Fsp3) is 0.333. The third-order valence-electron chi connectivity index (χ3n) is 3.15. The zero-order chi connectivity index (χ0) is 15.1. The predicted octanol–water partition coefficient (Wildman–Crippen LogP) is 0.589. The fourth-order valence-electron chi connectivity index (χ4n) is 2.08. The van der Waals surface area contributed by atoms with Crippen LogP contribution in [0.25, 0.3) is 10.9 Å². The van der Waals surface area contributed by atoms with E-state index in [2.05, 4.69) is 15.6 Å². The molecule has 21 heavy (non-hydrogen) atoms. The molecule has 0 spiro atoms. The van der Waals surface area contributed by atoms with Gasteiger partial charge >= 0.3 is 11.8 Å². The number of carbonyl (C=O) groups excluding carboxylic acids is 2. The summed E-state index contributed by atoms with van der Waals surface area (Å²) in [5, 5.41) is 6.22. The molecule has 0 aliphatic rings. The van der Waals surface area contributed by atoms with E-state index in [1.54, 1.807) is 0 Å². The van der Waals surface area contributed by atoms with Crippen molar-refractivity contribution in [3.63, 3.8) is 0 Å². The zero-order valence-corrected chi connectivity index (χ0v) is 11.9. The Morgan fingerprint density at radius 1 is 1.14 bits per heavy atom. The van der Waals surface area contributed by atoms with Crippen molar-refractivity contribution in [3.8, 4) is 0 Å². The van der Waals surface area contributed by atoms with Crippen LogP contribution in [0, 0.1) is 0 Å². The summed E-state index contributed by atoms with van der Waals surface area (Å²) in [6.45, 7) is 1.12. The number of para-hydroxylation sites is 1. The second kappa shape index (κ2) is 7.44. The number of methoxy groups -OCH3 is 1. The van der Waals surface area contributed by atoms with Crippen LogP contribution in [-0.2, 0) is 20.7 Å². The standard InChI is InChI=1S/C15H19N3O3/c1-21-9-8-17-15(20)14(19)16-7-6-11-10-18-13-5-3-2-4-12(11)13/h2-5,10,18H,6-9H2,1H3,(H,16,19)(H,17,20). The molecule has 2 rings (SSSR count). The molecule has 1 aromatic heterocycles. The van der Waals surface area contributed by atoms with Crippen molar-refractivity contribution >= 4 is 22.7 Å². The van der Waals surface area contributed by atoms with E-state index < -0.39 is 11.8 Å². The minimum absolute atomic E-state index is 0.325. The first-order valence-corrected chi connectivity index (χ1v) is 6.82. The van der Waals surface area contributed by atoms with Gasteiger partial charge in [-0.05, 0) is 18.1 Å². The number of hydrogen-bond donors (Lipinski definition) is 3. The number of hydrogen-bond acceptors (Lipinski definition) is 3. The Bertz CT molecular complexity index is 621. The molecule has 112 valence electrons. The highest BCUT2D eigenvalue weighted by atomic mass is 16.5. The highest BCUT2D eigenvalue weighted by Crippen LogP contribution is 2.17. The largest absolute Gasteiger partial charge is 0.383 e. The highest BCUT2D eigenvalue weighted by Gasteiger charge is 2.12. The Labute approximate surface area is 122 Å². The summed E-state index contributed by atoms with van der Waals surface area (Å²) in [5.41, 5.74) is 2.18. The van der Waals surface area contributed by atoms with Gasteiger partial charge in [0.1, 0.15) is 0 Å². The van der Waals surface area contributed by atoms with Crippen LogP contribution in [0.2, 0.25) is 0 Å². The van der Waals surface area contributed by atoms with Crippen LogP contribution in [0.15, 0.2) is 30.5 Å². The van der Waals surface area contributed by atoms with E-state index in [1.165, 1.54) is 7.11 Å². The van der Waals surface area contributed by atoms with Crippen LogP contribution in [-0.4, -0.2) is 43.6 Å². The molecule has 3 N–H and O–H groups in total. The lowest BCUT2D eigenvalue weighted by Crippen LogP contribution is -2.41. The number of carbonyl (C=O) groups is 2. The zero-order valence-electron chi connectivity index (χ0n) is 11.9. The fourth-order valence-corrected chi connectivity index (χ4v) is 2.08. The second-order valence-corrected chi connectivity index (χ2v) is 4.61. The number of H-pyrrole nitrogens is 1. The van der Waals surface area contributed by atoms with Gasteiger partial charge in [-0.2, -0.15) is 0 Å². The van der Waals surface area contributed by atoms with E-state index in [9.17, 15) is 9.59 Å². The van der Waals surface area contributed by atoms with E-state index >= 15 is 0 Å². The van der Waals surface area contributed by atoms with Crippen LogP contribution < -0.4 is 10.6 Å². The molecule has 0 fully saturated rings. The number of ether oxygens (including phenoxy) is 1. The Morgan fingerprint density at radius 3 is 2.62 bits per heavy atom. The van der Waals surface area contributed by atoms with Crippen LogP contribution in [0.1, 0.15) is 5.56 Å². The number of fused-ring (bicyclic) bond motifs is 1. The molecule has 1 aromatic carbocycles. The van der Waals surface area contributed by atoms with Gasteiger partial charge in [-0.1, -0.05) is 18.2 Å². The lowest BCUT2D eigenvalue weighted by molar-refractivity contribution is -0.139. The highest BCUT2D eigenvalue weighted by molar-refractivity contribution is 6.35. The Kier molecular flexibility index (Phi) is 5.34. The molecule has 0 unspecified atom stereocenters. The maximum atomic E-state index is 11.6. The minimum Gasteiger partial charge on any atom is -0.383 e. The van der Waals surface area contributed by atoms with Crippen molar-refractivity contribution in [2.24, 2.45) is 0 Å². The van der Waals surface area contributed by atoms with Gasteiger partial charge in [0.25, 0.3) is 0 Å². The molecular formula is C15H19N3O3. The van der Waals surface area contributed by atoms with Crippen LogP contribution in [0.3, 0.4) is 0 Å². The number of aromatic amines is 1. The van der Waals surface area contributed by atoms with E-state index in [0.717, 1.165) is 16.5 Å². The Hall–Kier alpha value is -2.34. The molecule has 0 saturated heterocycles. The van der Waals surface area contributed by atoms with Crippen molar-refractivity contribution in [2.45, 2.75) is 6.42 Å². The Morgan fingerprint density at radius 2 is 1.86 bits per heavy atom. The SMILES string of the molecule is COCCNC(=O)C(=O)NCCc1c[nH]c2ccccc12. The molecule has 2 amide bonds. The molecule has 0 aliphatic carbocycles. The average molecular weight is 289 g/mol. The summed E-state index contributed by atoms with van der Waals surface area (Å²) < 4.78 is 4.79. The summed E-state index contributed by atoms with van der Waals surface area (Å²) in [6.07, 6.45) is 2.59. The summed E-state index contributed by atoms with van der Waals surface area (Å²) in [4.78, 5) is 26.2. The van der Waals surface area contributed by atoms with Crippen molar-refractivity contribution in [1.82, 2.24) is 15.6 Å². The number of benzene rings is 1. The monoisotopic (exact) mass is 289 g/mol. The van der Waals surface area contributed by atoms with Crippen molar-refractivity contribution in [1.29, 1.82) is 0 Å². The minimum atomic E-state index is -0.633. The molecule has 0 bridgehead atoms. The molecule has 0 atom stereocenters. The summed E-state index contributed by atoms with van der Waals surface area (Å²) >= 11 is 0. The normalized spacial score (nSPS) is 10.5. The van der Waals surface area contributed by atoms with E-state index in [0.29, 0.717) is 26.1 Å². The number of nitrogens with one attached hydrogen (secondary N) is 3. The van der Waals surface area contributed by atoms with E-state index in [1.807, 2.05) is 30.5 Å². The summed E-state index contributed by atoms with van der Waals surface area (Å²) in [6, 6.07) is 7.97. The lowest BCUT2D eigenvalue weighted by Gasteiger charge is -2.05. The maximum absolute atomic E-state index is 11.6. The van der Waals surface area contributed by atoms with Gasteiger partial charge in [-0.15, -0.1) is 0 Å². The summed E-state index contributed by atoms with van der Waals surface area (Å²) in [5.74, 6) is -1.25. The quantitative estimate of drug-likeness (QED) is 0.537. The first kappa shape index (κ1) is 15.1. The molecule has 0 saturated carbocycles. The lowest BCUT2D eigenvalue weighted by atomic mass is 10.1. The number of aromatic nitrogens is 1. The van der Waals surface area contributed by atoms with Gasteiger partial charge < -0.3 is 20.4 Å². The topological polar surface area (TPSA) is 83.2 Å². The van der Waals surface area contributed by atoms with Crippen molar-refractivity contribution in [3.05, 3.63) is 36.0 Å². The van der Waals surface area contributed by atoms with E-state index in [-0.39, 0.29) is 0 Å². The smallest absolute Gasteiger partial charge is 0.309 e. The molecule has 0 aliphatic heterocycles. The predicted molar refractivity (Wildman–Crippen MR) is 79.9 cm³/mol. The van der Waals surface area contributed by atoms with Crippen LogP contribution in [0.5, 0.6) is 0 Å². The molecule has 6 nitrogen and oxygen atoms in total. The molecular weight excluding hydrogens is 270 g/mol. The molecule has 6 heteroatoms. The number of amides is 2. The molecule has 2 aromatic rings. The molecule has 0 radical (unpaired) electrons. The van der Waals surface area contributed by atoms with Gasteiger partial charge in [0.15, 0.2) is 0 Å². The molecule has 1 heterocycles. The maximum Gasteiger partial charge on any atom is 0.309 e. The van der Waals surface area contributed by atoms with Gasteiger partial charge in [0.05, 0.1) is 6.61 Å². The third kappa shape index (κ3) is 4.06. The van der Waals surface area contributed by atoms with E-state index in [4.69, 9.17) is 4.74 Å². The summed E-state index contributed by atoms with van der Waals surface area (Å²) in [7, 11) is 1.54. The van der Waals surface area contributed by atoms with Gasteiger partial charge in [0.2, 0.25) is 0 Å². The first-order valence-electron chi connectivity index (χ1n) is 6.82. The van der Waals surface area contributed by atoms with Crippen molar-refractivity contribution in [2.75, 3.05) is 26.8 Å². The average Bonchev–Trinajstić information content (AvgIpc) is 2.91. The van der Waals surface area contributed by atoms with Gasteiger partial charge in [-0.3, -0.25) is 9.59 Å².